The summed E-state index contributed by atoms with van der Waals surface area (Å²) in [6.45, 7) is -0.0173. The lowest BCUT2D eigenvalue weighted by atomic mass is 10.0. The molecule has 24 heavy (non-hydrogen) atoms. The number of nitrogens with one attached hydrogen (secondary N) is 2. The van der Waals surface area contributed by atoms with E-state index in [4.69, 9.17) is 10.3 Å². The second kappa shape index (κ2) is 6.48. The second-order valence-corrected chi connectivity index (χ2v) is 5.04. The summed E-state index contributed by atoms with van der Waals surface area (Å²) < 4.78 is 7.33. The van der Waals surface area contributed by atoms with Crippen molar-refractivity contribution in [2.45, 2.75) is 18.8 Å². The third-order valence-electron chi connectivity index (χ3n) is 3.75. The lowest BCUT2D eigenvalue weighted by molar-refractivity contribution is -0.143. The Hall–Kier alpha value is -3.24. The highest BCUT2D eigenvalue weighted by molar-refractivity contribution is 5.88. The molecule has 0 aliphatic carbocycles. The summed E-state index contributed by atoms with van der Waals surface area (Å²) in [5.74, 6) is -1.54. The van der Waals surface area contributed by atoms with Crippen LogP contribution < -0.4 is 10.2 Å². The number of hydrogen-bond donors (Lipinski definition) is 3. The van der Waals surface area contributed by atoms with Gasteiger partial charge in [-0.1, -0.05) is 0 Å². The molecule has 2 aromatic heterocycles. The molecule has 3 rings (SSSR count). The molecular weight excluding hydrogens is 320 g/mol. The van der Waals surface area contributed by atoms with Crippen molar-refractivity contribution >= 4 is 29.4 Å². The molecule has 1 amide bonds. The summed E-state index contributed by atoms with van der Waals surface area (Å²) in [6, 6.07) is 0. The van der Waals surface area contributed by atoms with Gasteiger partial charge in [0.05, 0.1) is 12.2 Å². The van der Waals surface area contributed by atoms with E-state index in [2.05, 4.69) is 30.3 Å². The maximum atomic E-state index is 11.4. The number of amides is 1. The third kappa shape index (κ3) is 2.71. The first kappa shape index (κ1) is 15.6. The molecule has 3 unspecified atom stereocenters. The molecule has 124 valence electrons. The quantitative estimate of drug-likeness (QED) is 0.377. The number of aromatic nitrogens is 4. The van der Waals surface area contributed by atoms with Gasteiger partial charge in [-0.25, -0.2) is 15.0 Å². The van der Waals surface area contributed by atoms with Crippen LogP contribution >= 0.6 is 0 Å². The Labute approximate surface area is 134 Å². The van der Waals surface area contributed by atoms with Gasteiger partial charge in [0.2, 0.25) is 11.3 Å². The van der Waals surface area contributed by atoms with Crippen LogP contribution in [0.25, 0.3) is 11.2 Å². The fourth-order valence-corrected chi connectivity index (χ4v) is 2.68. The van der Waals surface area contributed by atoms with Gasteiger partial charge in [0.1, 0.15) is 35.8 Å². The molecule has 3 heterocycles. The van der Waals surface area contributed by atoms with E-state index in [0.29, 0.717) is 17.6 Å². The van der Waals surface area contributed by atoms with Crippen LogP contribution in [0, 0.1) is 11.4 Å². The first-order valence-corrected chi connectivity index (χ1v) is 6.95. The summed E-state index contributed by atoms with van der Waals surface area (Å²) in [7, 11) is 0. The average molecular weight is 333 g/mol. The van der Waals surface area contributed by atoms with Crippen molar-refractivity contribution in [3.8, 4) is 0 Å². The molecule has 1 aliphatic rings. The molecule has 0 aromatic carbocycles. The Bertz CT molecular complexity index is 830. The van der Waals surface area contributed by atoms with Crippen LogP contribution in [0.3, 0.4) is 0 Å². The number of anilines is 1. The smallest absolute Gasteiger partial charge is 0.309 e. The molecule has 0 spiro atoms. The van der Waals surface area contributed by atoms with Gasteiger partial charge in [-0.05, 0) is 0 Å². The van der Waals surface area contributed by atoms with E-state index in [-0.39, 0.29) is 18.8 Å². The van der Waals surface area contributed by atoms with Crippen molar-refractivity contribution in [3.63, 3.8) is 0 Å². The first-order valence-electron chi connectivity index (χ1n) is 6.95. The number of imidazole rings is 1. The fraction of sp³-hybridized carbons (Fsp3) is 0.417. The minimum Gasteiger partial charge on any atom is -0.481 e. The van der Waals surface area contributed by atoms with Crippen LogP contribution in [0.5, 0.6) is 0 Å². The predicted molar refractivity (Wildman–Crippen MR) is 76.8 cm³/mol. The summed E-state index contributed by atoms with van der Waals surface area (Å²) >= 11 is 0. The largest absolute Gasteiger partial charge is 0.481 e. The molecule has 0 radical (unpaired) electrons. The lowest BCUT2D eigenvalue weighted by Crippen LogP contribution is -2.26. The number of carbonyl (C=O) groups excluding carboxylic acids is 1. The van der Waals surface area contributed by atoms with Crippen molar-refractivity contribution in [2.75, 3.05) is 11.9 Å². The summed E-state index contributed by atoms with van der Waals surface area (Å²) in [6.07, 6.45) is 2.08. The monoisotopic (exact) mass is 333 g/mol. The van der Waals surface area contributed by atoms with Crippen molar-refractivity contribution < 1.29 is 19.4 Å². The molecule has 0 saturated carbocycles. The van der Waals surface area contributed by atoms with E-state index in [1.165, 1.54) is 12.7 Å². The predicted octanol–water partition coefficient (Wildman–Crippen LogP) is -0.0667. The highest BCUT2D eigenvalue weighted by Crippen LogP contribution is 2.35. The van der Waals surface area contributed by atoms with Gasteiger partial charge < -0.3 is 15.2 Å². The maximum Gasteiger partial charge on any atom is 0.309 e. The van der Waals surface area contributed by atoms with Crippen molar-refractivity contribution in [1.29, 1.82) is 5.53 Å². The minimum absolute atomic E-state index is 0.0173. The molecular formula is C12H13N8O4+. The second-order valence-electron chi connectivity index (χ2n) is 5.04. The average Bonchev–Trinajstić information content (AvgIpc) is 3.17. The van der Waals surface area contributed by atoms with E-state index in [9.17, 15) is 14.7 Å². The number of hydrogen-bond acceptors (Lipinski definition) is 8. The van der Waals surface area contributed by atoms with Crippen LogP contribution in [0.4, 0.5) is 5.82 Å². The van der Waals surface area contributed by atoms with Gasteiger partial charge in [-0.2, -0.15) is 0 Å². The topological polar surface area (TPSA) is 170 Å². The van der Waals surface area contributed by atoms with E-state index < -0.39 is 24.2 Å². The Morgan fingerprint density at radius 2 is 2.42 bits per heavy atom. The molecule has 12 nitrogen and oxygen atoms in total. The van der Waals surface area contributed by atoms with Gasteiger partial charge in [0, 0.05) is 6.42 Å². The minimum atomic E-state index is -1.01. The summed E-state index contributed by atoms with van der Waals surface area (Å²) in [5.41, 5.74) is 7.47. The van der Waals surface area contributed by atoms with Crippen LogP contribution in [-0.2, 0) is 14.3 Å². The van der Waals surface area contributed by atoms with Crippen molar-refractivity contribution in [3.05, 3.63) is 12.7 Å². The van der Waals surface area contributed by atoms with Gasteiger partial charge in [-0.15, -0.1) is 0 Å². The first-order chi connectivity index (χ1) is 11.7. The molecule has 12 heteroatoms. The normalized spacial score (nSPS) is 22.9. The Kier molecular flexibility index (Phi) is 4.22. The third-order valence-corrected chi connectivity index (χ3v) is 3.75. The number of rotatable bonds is 6. The van der Waals surface area contributed by atoms with E-state index >= 15 is 0 Å². The molecule has 3 N–H and O–H groups in total. The molecule has 1 saturated heterocycles. The van der Waals surface area contributed by atoms with Crippen molar-refractivity contribution in [2.24, 2.45) is 11.0 Å². The summed E-state index contributed by atoms with van der Waals surface area (Å²) in [4.78, 5) is 37.1. The van der Waals surface area contributed by atoms with E-state index in [1.54, 1.807) is 4.57 Å². The Balaban J connectivity index is 1.93. The molecule has 3 atom stereocenters. The van der Waals surface area contributed by atoms with Gasteiger partial charge in [0.25, 0.3) is 0 Å². The lowest BCUT2D eigenvalue weighted by Gasteiger charge is -2.13. The molecule has 2 aromatic rings. The maximum absolute atomic E-state index is 11.4. The zero-order valence-electron chi connectivity index (χ0n) is 12.2. The number of fused-ring (bicyclic) bond motifs is 1. The van der Waals surface area contributed by atoms with Gasteiger partial charge in [0.15, 0.2) is 17.0 Å². The van der Waals surface area contributed by atoms with E-state index in [1.807, 2.05) is 0 Å². The number of nitrogens with zero attached hydrogens (tertiary/aromatic N) is 6. The highest BCUT2D eigenvalue weighted by atomic mass is 16.5. The Morgan fingerprint density at radius 3 is 3.12 bits per heavy atom. The highest BCUT2D eigenvalue weighted by Gasteiger charge is 2.42. The fourth-order valence-electron chi connectivity index (χ4n) is 2.68. The van der Waals surface area contributed by atoms with Crippen LogP contribution in [-0.4, -0.2) is 49.7 Å². The standard InChI is InChI=1S/C12H12N8O4/c13-19-18-2-7-6(12(22)23)1-8(24-7)20-4-16-9-10(17-5-21)14-3-15-11(9)20/h3-8,13H,1-2H2,(H-,14,15,17,21,22,23)/p+1. The SMILES string of the molecule is N=[N+]=NCC1OC(n2cnc3c(NC=O)ncnc32)CC1C(=O)O. The summed E-state index contributed by atoms with van der Waals surface area (Å²) in [5, 5.41) is 15.3. The molecule has 1 aliphatic heterocycles. The van der Waals surface area contributed by atoms with Gasteiger partial charge >= 0.3 is 5.97 Å². The van der Waals surface area contributed by atoms with Crippen LogP contribution in [0.15, 0.2) is 17.8 Å². The zero-order chi connectivity index (χ0) is 17.1. The van der Waals surface area contributed by atoms with Crippen molar-refractivity contribution in [1.82, 2.24) is 24.4 Å². The zero-order valence-corrected chi connectivity index (χ0v) is 12.2. The van der Waals surface area contributed by atoms with Gasteiger partial charge in [-0.3, -0.25) is 14.2 Å². The number of carbonyl (C=O) groups is 2. The van der Waals surface area contributed by atoms with Crippen LogP contribution in [0.2, 0.25) is 0 Å². The number of aliphatic carboxylic acids is 1. The number of ether oxygens (including phenoxy) is 1. The molecule has 0 bridgehead atoms. The molecule has 1 fully saturated rings. The Morgan fingerprint density at radius 1 is 1.58 bits per heavy atom. The number of carboxylic acid groups (broad SMARTS) is 1. The van der Waals surface area contributed by atoms with Crippen LogP contribution in [0.1, 0.15) is 12.6 Å². The number of carboxylic acids is 1. The van der Waals surface area contributed by atoms with E-state index in [0.717, 1.165) is 0 Å².